The van der Waals surface area contributed by atoms with Crippen molar-refractivity contribution in [2.75, 3.05) is 0 Å². The fourth-order valence-electron chi connectivity index (χ4n) is 3.35. The Morgan fingerprint density at radius 3 is 2.70 bits per heavy atom. The standard InChI is InChI=1S/C22H23N5O2S/c1-14(2)20(17-9-6-12-30-17)26-19(28)11-10-18-24-21-16(22(29)25-18)13-23-27(21)15-7-4-3-5-8-15/h3-9,12-14,20H,10-11H2,1-2H3,(H,26,28)(H,24,25,29)/t20-/m1/s1. The Morgan fingerprint density at radius 2 is 2.00 bits per heavy atom. The summed E-state index contributed by atoms with van der Waals surface area (Å²) in [5, 5.41) is 9.84. The number of aryl methyl sites for hydroxylation is 1. The Labute approximate surface area is 177 Å². The van der Waals surface area contributed by atoms with E-state index in [1.165, 1.54) is 6.20 Å². The molecule has 1 aromatic carbocycles. The molecule has 30 heavy (non-hydrogen) atoms. The molecule has 0 saturated carbocycles. The van der Waals surface area contributed by atoms with E-state index in [-0.39, 0.29) is 29.8 Å². The number of rotatable bonds is 7. The van der Waals surface area contributed by atoms with Gasteiger partial charge in [-0.15, -0.1) is 11.3 Å². The van der Waals surface area contributed by atoms with Crippen molar-refractivity contribution in [2.45, 2.75) is 32.7 Å². The highest BCUT2D eigenvalue weighted by molar-refractivity contribution is 7.10. The number of carbonyl (C=O) groups is 1. The van der Waals surface area contributed by atoms with Gasteiger partial charge in [-0.05, 0) is 29.5 Å². The minimum atomic E-state index is -0.253. The molecule has 1 atom stereocenters. The predicted octanol–water partition coefficient (Wildman–Crippen LogP) is 3.62. The van der Waals surface area contributed by atoms with Crippen LogP contribution in [0.15, 0.2) is 58.8 Å². The molecular weight excluding hydrogens is 398 g/mol. The summed E-state index contributed by atoms with van der Waals surface area (Å²) in [6.07, 6.45) is 2.09. The van der Waals surface area contributed by atoms with Crippen LogP contribution in [0.5, 0.6) is 0 Å². The molecule has 0 fully saturated rings. The number of hydrogen-bond donors (Lipinski definition) is 2. The summed E-state index contributed by atoms with van der Waals surface area (Å²) in [6, 6.07) is 13.5. The van der Waals surface area contributed by atoms with Crippen molar-refractivity contribution in [3.05, 3.63) is 75.1 Å². The number of amides is 1. The van der Waals surface area contributed by atoms with E-state index in [0.717, 1.165) is 10.6 Å². The first-order valence-electron chi connectivity index (χ1n) is 9.88. The number of carbonyl (C=O) groups excluding carboxylic acids is 1. The first-order chi connectivity index (χ1) is 14.5. The molecule has 3 heterocycles. The Morgan fingerprint density at radius 1 is 1.20 bits per heavy atom. The van der Waals surface area contributed by atoms with Crippen LogP contribution in [-0.4, -0.2) is 25.7 Å². The van der Waals surface area contributed by atoms with E-state index in [2.05, 4.69) is 34.2 Å². The van der Waals surface area contributed by atoms with Crippen molar-refractivity contribution in [1.29, 1.82) is 0 Å². The van der Waals surface area contributed by atoms with E-state index in [1.807, 2.05) is 47.8 Å². The molecule has 0 aliphatic rings. The zero-order valence-electron chi connectivity index (χ0n) is 16.8. The molecule has 0 bridgehead atoms. The van der Waals surface area contributed by atoms with E-state index < -0.39 is 0 Å². The number of aromatic amines is 1. The van der Waals surface area contributed by atoms with E-state index in [4.69, 9.17) is 0 Å². The van der Waals surface area contributed by atoms with E-state index in [9.17, 15) is 9.59 Å². The smallest absolute Gasteiger partial charge is 0.262 e. The Bertz CT molecular complexity index is 1200. The average Bonchev–Trinajstić information content (AvgIpc) is 3.41. The largest absolute Gasteiger partial charge is 0.348 e. The van der Waals surface area contributed by atoms with Gasteiger partial charge in [0, 0.05) is 17.7 Å². The summed E-state index contributed by atoms with van der Waals surface area (Å²) in [5.74, 6) is 0.682. The molecule has 3 aromatic heterocycles. The third kappa shape index (κ3) is 4.18. The highest BCUT2D eigenvalue weighted by atomic mass is 32.1. The SMILES string of the molecule is CC(C)[C@@H](NC(=O)CCc1nc2c(cnn2-c2ccccc2)c(=O)[nH]1)c1cccs1. The molecule has 4 rings (SSSR count). The third-order valence-corrected chi connectivity index (χ3v) is 5.87. The number of thiophene rings is 1. The van der Waals surface area contributed by atoms with Crippen molar-refractivity contribution < 1.29 is 4.79 Å². The maximum Gasteiger partial charge on any atom is 0.262 e. The minimum absolute atomic E-state index is 0.0218. The van der Waals surface area contributed by atoms with Gasteiger partial charge >= 0.3 is 0 Å². The van der Waals surface area contributed by atoms with Gasteiger partial charge in [0.2, 0.25) is 5.91 Å². The van der Waals surface area contributed by atoms with Gasteiger partial charge in [0.05, 0.1) is 17.9 Å². The summed E-state index contributed by atoms with van der Waals surface area (Å²) >= 11 is 1.64. The molecule has 0 aliphatic carbocycles. The van der Waals surface area contributed by atoms with Crippen molar-refractivity contribution in [1.82, 2.24) is 25.1 Å². The average molecular weight is 422 g/mol. The van der Waals surface area contributed by atoms with Crippen molar-refractivity contribution in [3.63, 3.8) is 0 Å². The van der Waals surface area contributed by atoms with Gasteiger partial charge in [-0.1, -0.05) is 38.1 Å². The first kappa shape index (κ1) is 20.0. The van der Waals surface area contributed by atoms with Crippen LogP contribution in [0, 0.1) is 5.92 Å². The number of fused-ring (bicyclic) bond motifs is 1. The highest BCUT2D eigenvalue weighted by Crippen LogP contribution is 2.25. The first-order valence-corrected chi connectivity index (χ1v) is 10.8. The van der Waals surface area contributed by atoms with Crippen LogP contribution in [0.2, 0.25) is 0 Å². The van der Waals surface area contributed by atoms with E-state index in [0.29, 0.717) is 23.3 Å². The van der Waals surface area contributed by atoms with Gasteiger partial charge < -0.3 is 10.3 Å². The third-order valence-electron chi connectivity index (χ3n) is 4.91. The second-order valence-corrected chi connectivity index (χ2v) is 8.43. The van der Waals surface area contributed by atoms with Crippen LogP contribution in [0.25, 0.3) is 16.7 Å². The molecule has 1 amide bonds. The number of benzene rings is 1. The normalized spacial score (nSPS) is 12.4. The number of aromatic nitrogens is 4. The molecule has 4 aromatic rings. The van der Waals surface area contributed by atoms with Gasteiger partial charge in [0.15, 0.2) is 5.65 Å². The summed E-state index contributed by atoms with van der Waals surface area (Å²) in [4.78, 5) is 33.5. The van der Waals surface area contributed by atoms with Crippen LogP contribution < -0.4 is 10.9 Å². The summed E-state index contributed by atoms with van der Waals surface area (Å²) in [6.45, 7) is 4.17. The van der Waals surface area contributed by atoms with Gasteiger partial charge in [-0.3, -0.25) is 9.59 Å². The maximum atomic E-state index is 12.6. The van der Waals surface area contributed by atoms with Gasteiger partial charge in [-0.2, -0.15) is 5.10 Å². The van der Waals surface area contributed by atoms with Crippen LogP contribution in [0.4, 0.5) is 0 Å². The van der Waals surface area contributed by atoms with Crippen LogP contribution >= 0.6 is 11.3 Å². The van der Waals surface area contributed by atoms with Crippen LogP contribution in [-0.2, 0) is 11.2 Å². The molecule has 0 spiro atoms. The summed E-state index contributed by atoms with van der Waals surface area (Å²) < 4.78 is 1.64. The lowest BCUT2D eigenvalue weighted by Crippen LogP contribution is -2.31. The van der Waals surface area contributed by atoms with Crippen molar-refractivity contribution in [2.24, 2.45) is 5.92 Å². The Balaban J connectivity index is 1.51. The summed E-state index contributed by atoms with van der Waals surface area (Å²) in [7, 11) is 0. The molecule has 8 heteroatoms. The van der Waals surface area contributed by atoms with Gasteiger partial charge in [0.25, 0.3) is 5.56 Å². The Kier molecular flexibility index (Phi) is 5.76. The number of para-hydroxylation sites is 1. The summed E-state index contributed by atoms with van der Waals surface area (Å²) in [5.41, 5.74) is 1.06. The van der Waals surface area contributed by atoms with Crippen LogP contribution in [0.3, 0.4) is 0 Å². The topological polar surface area (TPSA) is 92.7 Å². The lowest BCUT2D eigenvalue weighted by atomic mass is 10.0. The lowest BCUT2D eigenvalue weighted by Gasteiger charge is -2.21. The second kappa shape index (κ2) is 8.62. The second-order valence-electron chi connectivity index (χ2n) is 7.45. The number of hydrogen-bond acceptors (Lipinski definition) is 5. The molecule has 2 N–H and O–H groups in total. The number of H-pyrrole nitrogens is 1. The minimum Gasteiger partial charge on any atom is -0.348 e. The zero-order chi connectivity index (χ0) is 21.1. The lowest BCUT2D eigenvalue weighted by molar-refractivity contribution is -0.122. The highest BCUT2D eigenvalue weighted by Gasteiger charge is 2.19. The quantitative estimate of drug-likeness (QED) is 0.477. The van der Waals surface area contributed by atoms with Crippen LogP contribution in [0.1, 0.15) is 37.0 Å². The van der Waals surface area contributed by atoms with Gasteiger partial charge in [0.1, 0.15) is 11.2 Å². The molecular formula is C22H23N5O2S. The molecule has 7 nitrogen and oxygen atoms in total. The molecule has 154 valence electrons. The van der Waals surface area contributed by atoms with E-state index >= 15 is 0 Å². The molecule has 0 saturated heterocycles. The number of nitrogens with one attached hydrogen (secondary N) is 2. The van der Waals surface area contributed by atoms with Crippen molar-refractivity contribution in [3.8, 4) is 5.69 Å². The molecule has 0 aliphatic heterocycles. The van der Waals surface area contributed by atoms with Gasteiger partial charge in [-0.25, -0.2) is 9.67 Å². The van der Waals surface area contributed by atoms with E-state index in [1.54, 1.807) is 16.0 Å². The fourth-order valence-corrected chi connectivity index (χ4v) is 4.30. The molecule has 0 unspecified atom stereocenters. The molecule has 0 radical (unpaired) electrons. The number of nitrogens with zero attached hydrogens (tertiary/aromatic N) is 3. The zero-order valence-corrected chi connectivity index (χ0v) is 17.6. The maximum absolute atomic E-state index is 12.6. The van der Waals surface area contributed by atoms with Crippen molar-refractivity contribution >= 4 is 28.3 Å². The monoisotopic (exact) mass is 421 g/mol. The fraction of sp³-hybridized carbons (Fsp3) is 0.273. The Hall–Kier alpha value is -3.26. The predicted molar refractivity (Wildman–Crippen MR) is 118 cm³/mol.